The van der Waals surface area contributed by atoms with Crippen molar-refractivity contribution in [2.24, 2.45) is 17.8 Å². The summed E-state index contributed by atoms with van der Waals surface area (Å²) in [7, 11) is 0. The molecule has 0 spiro atoms. The summed E-state index contributed by atoms with van der Waals surface area (Å²) in [4.78, 5) is 13.7. The fourth-order valence-corrected chi connectivity index (χ4v) is 7.15. The quantitative estimate of drug-likeness (QED) is 0.418. The molecule has 136 valence electrons. The van der Waals surface area contributed by atoms with E-state index >= 15 is 0 Å². The molecule has 0 unspecified atom stereocenters. The molecule has 6 rings (SSSR count). The zero-order chi connectivity index (χ0) is 18.6. The van der Waals surface area contributed by atoms with E-state index in [1.807, 2.05) is 0 Å². The van der Waals surface area contributed by atoms with Crippen molar-refractivity contribution in [3.63, 3.8) is 0 Å². The van der Waals surface area contributed by atoms with Gasteiger partial charge >= 0.3 is 0 Å². The third-order valence-corrected chi connectivity index (χ3v) is 7.84. The van der Waals surface area contributed by atoms with Crippen LogP contribution in [0.25, 0.3) is 21.5 Å². The lowest BCUT2D eigenvalue weighted by Crippen LogP contribution is -2.20. The van der Waals surface area contributed by atoms with Gasteiger partial charge in [-0.05, 0) is 103 Å². The Morgan fingerprint density at radius 3 is 1.96 bits per heavy atom. The second kappa shape index (κ2) is 5.01. The predicted molar refractivity (Wildman–Crippen MR) is 112 cm³/mol. The lowest BCUT2D eigenvalue weighted by molar-refractivity contribution is 0.0884. The molecule has 4 atom stereocenters. The van der Waals surface area contributed by atoms with Gasteiger partial charge in [-0.25, -0.2) is 0 Å². The standard InChI is InChI=1S/C26H26O/c1-12-7-14(3)20-18(9-12)24-22-16-5-6-17(11-16)23(22)26(27)25(24)19-10-13(2)8-15(4)21(19)20/h7-10,16-17,22-23H,5-6,11H2,1-4H3/t16-,17+,22+,23-/m1/s1. The van der Waals surface area contributed by atoms with Crippen molar-refractivity contribution >= 4 is 27.3 Å². The number of Topliss-reactive ketones (excluding diaryl/α,β-unsaturated/α-hetero) is 1. The number of benzene rings is 3. The summed E-state index contributed by atoms with van der Waals surface area (Å²) < 4.78 is 0. The minimum Gasteiger partial charge on any atom is -0.294 e. The molecule has 0 aliphatic heterocycles. The second-order valence-corrected chi connectivity index (χ2v) is 9.55. The van der Waals surface area contributed by atoms with Crippen LogP contribution in [0.4, 0.5) is 0 Å². The average molecular weight is 354 g/mol. The van der Waals surface area contributed by atoms with Crippen LogP contribution < -0.4 is 0 Å². The van der Waals surface area contributed by atoms with Gasteiger partial charge < -0.3 is 0 Å². The van der Waals surface area contributed by atoms with Crippen molar-refractivity contribution in [3.05, 3.63) is 57.6 Å². The maximum Gasteiger partial charge on any atom is 0.167 e. The van der Waals surface area contributed by atoms with E-state index in [9.17, 15) is 4.79 Å². The number of aryl methyl sites for hydroxylation is 4. The van der Waals surface area contributed by atoms with Crippen molar-refractivity contribution in [3.8, 4) is 0 Å². The van der Waals surface area contributed by atoms with Crippen LogP contribution in [0.1, 0.15) is 63.4 Å². The fourth-order valence-electron chi connectivity index (χ4n) is 7.15. The fraction of sp³-hybridized carbons (Fsp3) is 0.423. The van der Waals surface area contributed by atoms with Crippen LogP contribution in [-0.4, -0.2) is 5.78 Å². The van der Waals surface area contributed by atoms with Gasteiger partial charge in [0.2, 0.25) is 0 Å². The molecule has 3 aromatic rings. The molecule has 0 saturated heterocycles. The summed E-state index contributed by atoms with van der Waals surface area (Å²) in [5.41, 5.74) is 7.73. The Morgan fingerprint density at radius 1 is 0.741 bits per heavy atom. The van der Waals surface area contributed by atoms with Crippen molar-refractivity contribution in [1.29, 1.82) is 0 Å². The average Bonchev–Trinajstić information content (AvgIpc) is 3.27. The summed E-state index contributed by atoms with van der Waals surface area (Å²) in [6.45, 7) is 8.81. The van der Waals surface area contributed by atoms with Crippen LogP contribution in [0.3, 0.4) is 0 Å². The van der Waals surface area contributed by atoms with Gasteiger partial charge in [-0.15, -0.1) is 0 Å². The largest absolute Gasteiger partial charge is 0.294 e. The van der Waals surface area contributed by atoms with Gasteiger partial charge in [0.05, 0.1) is 0 Å². The third-order valence-electron chi connectivity index (χ3n) is 7.84. The van der Waals surface area contributed by atoms with Crippen molar-refractivity contribution < 1.29 is 4.79 Å². The van der Waals surface area contributed by atoms with Crippen LogP contribution in [0, 0.1) is 45.4 Å². The van der Waals surface area contributed by atoms with E-state index in [-0.39, 0.29) is 5.92 Å². The van der Waals surface area contributed by atoms with E-state index in [1.54, 1.807) is 0 Å². The molecule has 0 N–H and O–H groups in total. The summed E-state index contributed by atoms with van der Waals surface area (Å²) in [6, 6.07) is 9.22. The van der Waals surface area contributed by atoms with Gasteiger partial charge in [-0.3, -0.25) is 4.79 Å². The zero-order valence-corrected chi connectivity index (χ0v) is 16.6. The molecule has 1 heteroatoms. The van der Waals surface area contributed by atoms with E-state index in [0.29, 0.717) is 17.6 Å². The highest BCUT2D eigenvalue weighted by molar-refractivity contribution is 6.24. The number of ketones is 1. The molecule has 27 heavy (non-hydrogen) atoms. The molecule has 0 radical (unpaired) electrons. The van der Waals surface area contributed by atoms with Gasteiger partial charge in [0, 0.05) is 11.5 Å². The first-order valence-electron chi connectivity index (χ1n) is 10.5. The maximum absolute atomic E-state index is 13.7. The molecule has 0 aromatic heterocycles. The van der Waals surface area contributed by atoms with Gasteiger partial charge in [0.1, 0.15) is 0 Å². The van der Waals surface area contributed by atoms with E-state index in [0.717, 1.165) is 11.5 Å². The lowest BCUT2D eigenvalue weighted by Gasteiger charge is -2.25. The van der Waals surface area contributed by atoms with Crippen molar-refractivity contribution in [1.82, 2.24) is 0 Å². The molecule has 2 saturated carbocycles. The number of fused-ring (bicyclic) bond motifs is 12. The van der Waals surface area contributed by atoms with Gasteiger partial charge in [-0.2, -0.15) is 0 Å². The predicted octanol–water partition coefficient (Wildman–Crippen LogP) is 6.55. The van der Waals surface area contributed by atoms with E-state index in [2.05, 4.69) is 52.0 Å². The Labute approximate surface area is 160 Å². The first-order chi connectivity index (χ1) is 13.0. The van der Waals surface area contributed by atoms with Gasteiger partial charge in [0.15, 0.2) is 5.78 Å². The summed E-state index contributed by atoms with van der Waals surface area (Å²) in [5, 5.41) is 5.30. The summed E-state index contributed by atoms with van der Waals surface area (Å²) in [5.74, 6) is 2.53. The molecular formula is C26H26O. The highest BCUT2D eigenvalue weighted by Gasteiger charge is 2.56. The molecule has 2 bridgehead atoms. The number of rotatable bonds is 0. The Morgan fingerprint density at radius 2 is 1.30 bits per heavy atom. The summed E-state index contributed by atoms with van der Waals surface area (Å²) >= 11 is 0. The molecule has 1 nitrogen and oxygen atoms in total. The van der Waals surface area contributed by atoms with Crippen molar-refractivity contribution in [2.75, 3.05) is 0 Å². The van der Waals surface area contributed by atoms with Crippen LogP contribution in [0.5, 0.6) is 0 Å². The zero-order valence-electron chi connectivity index (χ0n) is 16.6. The van der Waals surface area contributed by atoms with Crippen LogP contribution >= 0.6 is 0 Å². The maximum atomic E-state index is 13.7. The normalized spacial score (nSPS) is 28.4. The molecule has 3 aliphatic carbocycles. The van der Waals surface area contributed by atoms with Crippen LogP contribution in [0.2, 0.25) is 0 Å². The Balaban J connectivity index is 1.87. The Kier molecular flexibility index (Phi) is 2.94. The molecule has 0 heterocycles. The van der Waals surface area contributed by atoms with E-state index in [1.165, 1.54) is 68.6 Å². The third kappa shape index (κ3) is 1.83. The monoisotopic (exact) mass is 354 g/mol. The smallest absolute Gasteiger partial charge is 0.167 e. The van der Waals surface area contributed by atoms with Gasteiger partial charge in [-0.1, -0.05) is 35.4 Å². The van der Waals surface area contributed by atoms with Gasteiger partial charge in [0.25, 0.3) is 0 Å². The topological polar surface area (TPSA) is 17.1 Å². The molecule has 3 aromatic carbocycles. The number of hydrogen-bond acceptors (Lipinski definition) is 1. The second-order valence-electron chi connectivity index (χ2n) is 9.55. The highest BCUT2D eigenvalue weighted by atomic mass is 16.1. The number of carbonyl (C=O) groups excluding carboxylic acids is 1. The minimum atomic E-state index is 0.259. The highest BCUT2D eigenvalue weighted by Crippen LogP contribution is 2.63. The lowest BCUT2D eigenvalue weighted by atomic mass is 9.78. The first-order valence-corrected chi connectivity index (χ1v) is 10.5. The number of hydrogen-bond donors (Lipinski definition) is 0. The molecule has 0 amide bonds. The Bertz CT molecular complexity index is 1180. The minimum absolute atomic E-state index is 0.259. The molecule has 3 aliphatic rings. The van der Waals surface area contributed by atoms with E-state index < -0.39 is 0 Å². The molecular weight excluding hydrogens is 328 g/mol. The number of carbonyl (C=O) groups is 1. The van der Waals surface area contributed by atoms with Crippen molar-refractivity contribution in [2.45, 2.75) is 52.9 Å². The van der Waals surface area contributed by atoms with E-state index in [4.69, 9.17) is 0 Å². The SMILES string of the molecule is Cc1cc(C)c2c(c1)c1c(c3cc(C)cc(C)c32)[C@H]2[C@@H]3CC[C@@H](C3)[C@H]2C1=O. The molecule has 2 fully saturated rings. The Hall–Kier alpha value is -2.15. The van der Waals surface area contributed by atoms with Crippen LogP contribution in [-0.2, 0) is 0 Å². The van der Waals surface area contributed by atoms with Crippen LogP contribution in [0.15, 0.2) is 24.3 Å². The first kappa shape index (κ1) is 15.9. The summed E-state index contributed by atoms with van der Waals surface area (Å²) in [6.07, 6.45) is 3.85.